The lowest BCUT2D eigenvalue weighted by Crippen LogP contribution is -2.12. The van der Waals surface area contributed by atoms with Gasteiger partial charge in [0.15, 0.2) is 0 Å². The van der Waals surface area contributed by atoms with E-state index in [1.54, 1.807) is 24.5 Å². The molecule has 1 aromatic carbocycles. The number of nitriles is 1. The van der Waals surface area contributed by atoms with Crippen molar-refractivity contribution < 1.29 is 0 Å². The Hall–Kier alpha value is -1.93. The number of aromatic nitrogens is 2. The van der Waals surface area contributed by atoms with Crippen LogP contribution in [0.25, 0.3) is 0 Å². The Morgan fingerprint density at radius 1 is 1.29 bits per heavy atom. The van der Waals surface area contributed by atoms with Crippen LogP contribution in [0.2, 0.25) is 0 Å². The molecule has 0 N–H and O–H groups in total. The molecule has 0 atom stereocenters. The highest BCUT2D eigenvalue weighted by atomic mass is 79.9. The highest BCUT2D eigenvalue weighted by Crippen LogP contribution is 2.21. The van der Waals surface area contributed by atoms with E-state index in [1.165, 1.54) is 0 Å². The molecule has 2 rings (SSSR count). The summed E-state index contributed by atoms with van der Waals surface area (Å²) in [6.07, 6.45) is 3.37. The molecule has 0 saturated heterocycles. The highest BCUT2D eigenvalue weighted by molar-refractivity contribution is 9.10. The van der Waals surface area contributed by atoms with Crippen molar-refractivity contribution in [2.24, 2.45) is 0 Å². The van der Waals surface area contributed by atoms with Gasteiger partial charge in [-0.15, -0.1) is 0 Å². The molecule has 17 heavy (non-hydrogen) atoms. The summed E-state index contributed by atoms with van der Waals surface area (Å²) in [4.78, 5) is 10.2. The first-order valence-electron chi connectivity index (χ1n) is 4.92. The average molecular weight is 289 g/mol. The number of benzene rings is 1. The quantitative estimate of drug-likeness (QED) is 0.853. The molecule has 2 aromatic rings. The fourth-order valence-corrected chi connectivity index (χ4v) is 1.58. The Bertz CT molecular complexity index is 559. The molecule has 84 valence electrons. The number of anilines is 2. The molecule has 1 heterocycles. The van der Waals surface area contributed by atoms with E-state index in [1.807, 2.05) is 24.1 Å². The Balaban J connectivity index is 2.33. The van der Waals surface area contributed by atoms with E-state index < -0.39 is 0 Å². The molecule has 5 heteroatoms. The molecule has 0 fully saturated rings. The first kappa shape index (κ1) is 11.6. The van der Waals surface area contributed by atoms with Crippen LogP contribution in [0.3, 0.4) is 0 Å². The minimum atomic E-state index is 0.586. The van der Waals surface area contributed by atoms with Crippen molar-refractivity contribution in [1.29, 1.82) is 5.26 Å². The first-order chi connectivity index (χ1) is 8.20. The second-order valence-electron chi connectivity index (χ2n) is 3.42. The zero-order chi connectivity index (χ0) is 12.3. The maximum absolute atomic E-state index is 8.84. The van der Waals surface area contributed by atoms with Crippen LogP contribution in [0, 0.1) is 11.3 Å². The molecule has 1 aromatic heterocycles. The molecule has 0 aliphatic rings. The number of nitrogens with zero attached hydrogens (tertiary/aromatic N) is 4. The van der Waals surface area contributed by atoms with Gasteiger partial charge in [-0.1, -0.05) is 6.07 Å². The Labute approximate surface area is 108 Å². The van der Waals surface area contributed by atoms with Crippen LogP contribution >= 0.6 is 15.9 Å². The van der Waals surface area contributed by atoms with Crippen molar-refractivity contribution in [1.82, 2.24) is 9.97 Å². The second kappa shape index (κ2) is 4.93. The highest BCUT2D eigenvalue weighted by Gasteiger charge is 2.06. The molecule has 0 aliphatic carbocycles. The van der Waals surface area contributed by atoms with E-state index in [0.29, 0.717) is 11.5 Å². The third kappa shape index (κ3) is 2.60. The average Bonchev–Trinajstić information content (AvgIpc) is 2.39. The largest absolute Gasteiger partial charge is 0.314 e. The van der Waals surface area contributed by atoms with E-state index in [2.05, 4.69) is 32.0 Å². The summed E-state index contributed by atoms with van der Waals surface area (Å²) in [6.45, 7) is 0. The predicted molar refractivity (Wildman–Crippen MR) is 69.0 cm³/mol. The van der Waals surface area contributed by atoms with E-state index in [9.17, 15) is 0 Å². The molecule has 0 unspecified atom stereocenters. The lowest BCUT2D eigenvalue weighted by molar-refractivity contribution is 1.04. The van der Waals surface area contributed by atoms with Crippen molar-refractivity contribution in [2.45, 2.75) is 0 Å². The lowest BCUT2D eigenvalue weighted by atomic mass is 10.2. The molecule has 0 bridgehead atoms. The minimum absolute atomic E-state index is 0.586. The van der Waals surface area contributed by atoms with Gasteiger partial charge < -0.3 is 4.90 Å². The Morgan fingerprint density at radius 3 is 2.65 bits per heavy atom. The zero-order valence-electron chi connectivity index (χ0n) is 9.13. The lowest BCUT2D eigenvalue weighted by Gasteiger charge is -2.16. The second-order valence-corrected chi connectivity index (χ2v) is 4.34. The van der Waals surface area contributed by atoms with Crippen molar-refractivity contribution in [3.63, 3.8) is 0 Å². The maximum Gasteiger partial charge on any atom is 0.229 e. The Morgan fingerprint density at radius 2 is 2.00 bits per heavy atom. The van der Waals surface area contributed by atoms with Crippen LogP contribution in [0.4, 0.5) is 11.6 Å². The van der Waals surface area contributed by atoms with Crippen molar-refractivity contribution in [2.75, 3.05) is 11.9 Å². The third-order valence-corrected chi connectivity index (χ3v) is 2.68. The molecular formula is C12H9BrN4. The minimum Gasteiger partial charge on any atom is -0.314 e. The fraction of sp³-hybridized carbons (Fsp3) is 0.0833. The SMILES string of the molecule is CN(c1cccc(C#N)c1)c1ncc(Br)cn1. The fourth-order valence-electron chi connectivity index (χ4n) is 1.38. The summed E-state index contributed by atoms with van der Waals surface area (Å²) in [5.41, 5.74) is 1.50. The molecule has 0 saturated carbocycles. The topological polar surface area (TPSA) is 52.8 Å². The van der Waals surface area contributed by atoms with Crippen molar-refractivity contribution >= 4 is 27.6 Å². The summed E-state index contributed by atoms with van der Waals surface area (Å²) in [5.74, 6) is 0.586. The van der Waals surface area contributed by atoms with Crippen molar-refractivity contribution in [3.8, 4) is 6.07 Å². The molecule has 4 nitrogen and oxygen atoms in total. The van der Waals surface area contributed by atoms with Gasteiger partial charge in [-0.25, -0.2) is 9.97 Å². The third-order valence-electron chi connectivity index (χ3n) is 2.27. The van der Waals surface area contributed by atoms with Crippen LogP contribution in [0.5, 0.6) is 0 Å². The van der Waals surface area contributed by atoms with Gasteiger partial charge in [-0.3, -0.25) is 0 Å². The zero-order valence-corrected chi connectivity index (χ0v) is 10.7. The summed E-state index contributed by atoms with van der Waals surface area (Å²) >= 11 is 3.29. The molecule has 0 aliphatic heterocycles. The maximum atomic E-state index is 8.84. The summed E-state index contributed by atoms with van der Waals surface area (Å²) < 4.78 is 0.834. The standard InChI is InChI=1S/C12H9BrN4/c1-17(12-15-7-10(13)8-16-12)11-4-2-3-9(5-11)6-14/h2-5,7-8H,1H3. The molecular weight excluding hydrogens is 280 g/mol. The van der Waals surface area contributed by atoms with Crippen LogP contribution in [0.15, 0.2) is 41.1 Å². The van der Waals surface area contributed by atoms with E-state index in [-0.39, 0.29) is 0 Å². The van der Waals surface area contributed by atoms with Crippen LogP contribution in [-0.2, 0) is 0 Å². The van der Waals surface area contributed by atoms with Crippen LogP contribution < -0.4 is 4.90 Å². The summed E-state index contributed by atoms with van der Waals surface area (Å²) in [5, 5.41) is 8.84. The van der Waals surface area contributed by atoms with Gasteiger partial charge in [0, 0.05) is 25.1 Å². The number of rotatable bonds is 2. The van der Waals surface area contributed by atoms with Crippen molar-refractivity contribution in [3.05, 3.63) is 46.7 Å². The normalized spacial score (nSPS) is 9.71. The van der Waals surface area contributed by atoms with Gasteiger partial charge in [-0.05, 0) is 34.1 Å². The van der Waals surface area contributed by atoms with E-state index >= 15 is 0 Å². The first-order valence-corrected chi connectivity index (χ1v) is 5.71. The molecule has 0 amide bonds. The molecule has 0 spiro atoms. The monoisotopic (exact) mass is 288 g/mol. The van der Waals surface area contributed by atoms with E-state index in [4.69, 9.17) is 5.26 Å². The summed E-state index contributed by atoms with van der Waals surface area (Å²) in [7, 11) is 1.86. The number of hydrogen-bond donors (Lipinski definition) is 0. The van der Waals surface area contributed by atoms with E-state index in [0.717, 1.165) is 10.2 Å². The Kier molecular flexibility index (Phi) is 3.35. The van der Waals surface area contributed by atoms with Crippen LogP contribution in [0.1, 0.15) is 5.56 Å². The van der Waals surface area contributed by atoms with Gasteiger partial charge >= 0.3 is 0 Å². The van der Waals surface area contributed by atoms with Gasteiger partial charge in [0.2, 0.25) is 5.95 Å². The molecule has 0 radical (unpaired) electrons. The van der Waals surface area contributed by atoms with Gasteiger partial charge in [0.25, 0.3) is 0 Å². The number of halogens is 1. The predicted octanol–water partition coefficient (Wildman–Crippen LogP) is 2.88. The smallest absolute Gasteiger partial charge is 0.229 e. The van der Waals surface area contributed by atoms with Crippen LogP contribution in [-0.4, -0.2) is 17.0 Å². The van der Waals surface area contributed by atoms with Gasteiger partial charge in [0.1, 0.15) is 0 Å². The van der Waals surface area contributed by atoms with Gasteiger partial charge in [0.05, 0.1) is 16.1 Å². The number of hydrogen-bond acceptors (Lipinski definition) is 4. The van der Waals surface area contributed by atoms with Gasteiger partial charge in [-0.2, -0.15) is 5.26 Å². The summed E-state index contributed by atoms with van der Waals surface area (Å²) in [6, 6.07) is 9.41.